The highest BCUT2D eigenvalue weighted by molar-refractivity contribution is 7.97. The summed E-state index contributed by atoms with van der Waals surface area (Å²) in [6, 6.07) is 7.61. The van der Waals surface area contributed by atoms with Crippen molar-refractivity contribution >= 4 is 18.2 Å². The first-order chi connectivity index (χ1) is 6.27. The molecule has 0 aliphatic rings. The molecular weight excluding hydrogens is 182 g/mol. The van der Waals surface area contributed by atoms with Gasteiger partial charge >= 0.3 is 0 Å². The Bertz CT molecular complexity index is 288. The summed E-state index contributed by atoms with van der Waals surface area (Å²) in [7, 11) is 2.01. The average Bonchev–Trinajstić information content (AvgIpc) is 2.18. The van der Waals surface area contributed by atoms with Crippen LogP contribution in [-0.4, -0.2) is 24.2 Å². The topological polar surface area (TPSA) is 20.3 Å². The van der Waals surface area contributed by atoms with Gasteiger partial charge in [-0.2, -0.15) is 0 Å². The summed E-state index contributed by atoms with van der Waals surface area (Å²) in [5.74, 6) is 0. The second-order valence-electron chi connectivity index (χ2n) is 2.69. The Balaban J connectivity index is 2.80. The standard InChI is InChI=1S/C10H13NOS/c1-3-11(2)13-10-7-5-4-6-9(10)8-12/h4-8H,3H2,1-2H3. The minimum atomic E-state index is 0.757. The lowest BCUT2D eigenvalue weighted by atomic mass is 10.2. The van der Waals surface area contributed by atoms with Crippen molar-refractivity contribution < 1.29 is 4.79 Å². The smallest absolute Gasteiger partial charge is 0.151 e. The summed E-state index contributed by atoms with van der Waals surface area (Å²) in [5.41, 5.74) is 0.757. The Labute approximate surface area is 83.1 Å². The highest BCUT2D eigenvalue weighted by atomic mass is 32.2. The van der Waals surface area contributed by atoms with E-state index in [0.29, 0.717) is 0 Å². The fourth-order valence-electron chi connectivity index (χ4n) is 0.893. The van der Waals surface area contributed by atoms with E-state index < -0.39 is 0 Å². The van der Waals surface area contributed by atoms with Crippen molar-refractivity contribution in [3.8, 4) is 0 Å². The second-order valence-corrected chi connectivity index (χ2v) is 3.94. The Morgan fingerprint density at radius 3 is 2.77 bits per heavy atom. The van der Waals surface area contributed by atoms with E-state index in [4.69, 9.17) is 0 Å². The minimum Gasteiger partial charge on any atom is -0.298 e. The molecule has 0 aliphatic carbocycles. The third kappa shape index (κ3) is 2.86. The lowest BCUT2D eigenvalue weighted by molar-refractivity contribution is 0.112. The van der Waals surface area contributed by atoms with Crippen LogP contribution in [0, 0.1) is 0 Å². The summed E-state index contributed by atoms with van der Waals surface area (Å²) in [5, 5.41) is 0. The number of rotatable bonds is 4. The molecule has 0 atom stereocenters. The van der Waals surface area contributed by atoms with E-state index in [1.807, 2.05) is 31.3 Å². The number of hydrogen-bond acceptors (Lipinski definition) is 3. The highest BCUT2D eigenvalue weighted by Gasteiger charge is 2.03. The molecule has 0 amide bonds. The Morgan fingerprint density at radius 2 is 2.15 bits per heavy atom. The third-order valence-corrected chi connectivity index (χ3v) is 2.88. The van der Waals surface area contributed by atoms with Gasteiger partial charge in [0, 0.05) is 17.0 Å². The van der Waals surface area contributed by atoms with Crippen molar-refractivity contribution in [3.05, 3.63) is 29.8 Å². The van der Waals surface area contributed by atoms with E-state index in [0.717, 1.165) is 23.3 Å². The van der Waals surface area contributed by atoms with E-state index in [2.05, 4.69) is 11.2 Å². The van der Waals surface area contributed by atoms with Gasteiger partial charge in [0.2, 0.25) is 0 Å². The summed E-state index contributed by atoms with van der Waals surface area (Å²) in [4.78, 5) is 11.7. The maximum Gasteiger partial charge on any atom is 0.151 e. The van der Waals surface area contributed by atoms with Gasteiger partial charge < -0.3 is 0 Å². The van der Waals surface area contributed by atoms with Gasteiger partial charge in [0.1, 0.15) is 0 Å². The van der Waals surface area contributed by atoms with Crippen molar-refractivity contribution in [2.24, 2.45) is 0 Å². The zero-order valence-electron chi connectivity index (χ0n) is 7.86. The van der Waals surface area contributed by atoms with Gasteiger partial charge in [-0.05, 0) is 25.1 Å². The van der Waals surface area contributed by atoms with Gasteiger partial charge in [0.05, 0.1) is 0 Å². The van der Waals surface area contributed by atoms with E-state index in [-0.39, 0.29) is 0 Å². The number of carbonyl (C=O) groups is 1. The molecule has 0 saturated heterocycles. The van der Waals surface area contributed by atoms with E-state index in [1.165, 1.54) is 0 Å². The van der Waals surface area contributed by atoms with Crippen molar-refractivity contribution in [2.75, 3.05) is 13.6 Å². The van der Waals surface area contributed by atoms with Crippen LogP contribution in [0.5, 0.6) is 0 Å². The SMILES string of the molecule is CCN(C)Sc1ccccc1C=O. The molecule has 0 unspecified atom stereocenters. The molecule has 0 heterocycles. The molecule has 0 saturated carbocycles. The molecule has 0 fully saturated rings. The van der Waals surface area contributed by atoms with Crippen LogP contribution in [-0.2, 0) is 0 Å². The first kappa shape index (κ1) is 10.3. The van der Waals surface area contributed by atoms with E-state index in [9.17, 15) is 4.79 Å². The van der Waals surface area contributed by atoms with Crippen LogP contribution in [0.3, 0.4) is 0 Å². The highest BCUT2D eigenvalue weighted by Crippen LogP contribution is 2.23. The van der Waals surface area contributed by atoms with Crippen LogP contribution < -0.4 is 0 Å². The predicted octanol–water partition coefficient (Wildman–Crippen LogP) is 2.46. The van der Waals surface area contributed by atoms with Crippen molar-refractivity contribution in [3.63, 3.8) is 0 Å². The summed E-state index contributed by atoms with van der Waals surface area (Å²) >= 11 is 1.60. The maximum absolute atomic E-state index is 10.7. The summed E-state index contributed by atoms with van der Waals surface area (Å²) < 4.78 is 2.09. The fourth-order valence-corrected chi connectivity index (χ4v) is 1.72. The largest absolute Gasteiger partial charge is 0.298 e. The Kier molecular flexibility index (Phi) is 3.99. The van der Waals surface area contributed by atoms with E-state index >= 15 is 0 Å². The normalized spacial score (nSPS) is 10.4. The molecule has 3 heteroatoms. The van der Waals surface area contributed by atoms with Crippen molar-refractivity contribution in [2.45, 2.75) is 11.8 Å². The van der Waals surface area contributed by atoms with Gasteiger partial charge in [0.15, 0.2) is 6.29 Å². The summed E-state index contributed by atoms with van der Waals surface area (Å²) in [6.07, 6.45) is 0.895. The predicted molar refractivity (Wildman–Crippen MR) is 56.0 cm³/mol. The number of benzene rings is 1. The molecule has 1 aromatic rings. The lowest BCUT2D eigenvalue weighted by Crippen LogP contribution is -2.07. The quantitative estimate of drug-likeness (QED) is 0.543. The summed E-state index contributed by atoms with van der Waals surface area (Å²) in [6.45, 7) is 3.04. The van der Waals surface area contributed by atoms with Gasteiger partial charge in [-0.15, -0.1) is 0 Å². The van der Waals surface area contributed by atoms with Crippen LogP contribution in [0.15, 0.2) is 29.2 Å². The number of nitrogens with zero attached hydrogens (tertiary/aromatic N) is 1. The first-order valence-corrected chi connectivity index (χ1v) is 4.98. The van der Waals surface area contributed by atoms with Crippen molar-refractivity contribution in [1.29, 1.82) is 0 Å². The molecule has 0 radical (unpaired) electrons. The second kappa shape index (κ2) is 5.04. The molecule has 0 spiro atoms. The van der Waals surface area contributed by atoms with E-state index in [1.54, 1.807) is 11.9 Å². The van der Waals surface area contributed by atoms with Crippen LogP contribution >= 0.6 is 11.9 Å². The minimum absolute atomic E-state index is 0.757. The lowest BCUT2D eigenvalue weighted by Gasteiger charge is -2.13. The molecule has 0 bridgehead atoms. The van der Waals surface area contributed by atoms with Crippen LogP contribution in [0.1, 0.15) is 17.3 Å². The molecule has 0 aliphatic heterocycles. The molecule has 1 aromatic carbocycles. The van der Waals surface area contributed by atoms with Gasteiger partial charge in [-0.3, -0.25) is 4.79 Å². The van der Waals surface area contributed by atoms with Crippen LogP contribution in [0.4, 0.5) is 0 Å². The van der Waals surface area contributed by atoms with Crippen LogP contribution in [0.25, 0.3) is 0 Å². The zero-order chi connectivity index (χ0) is 9.68. The third-order valence-electron chi connectivity index (χ3n) is 1.75. The molecule has 0 N–H and O–H groups in total. The van der Waals surface area contributed by atoms with Crippen molar-refractivity contribution in [1.82, 2.24) is 4.31 Å². The number of aldehydes is 1. The van der Waals surface area contributed by atoms with Gasteiger partial charge in [0.25, 0.3) is 0 Å². The number of carbonyl (C=O) groups excluding carboxylic acids is 1. The molecule has 1 rings (SSSR count). The fraction of sp³-hybridized carbons (Fsp3) is 0.300. The van der Waals surface area contributed by atoms with Crippen LogP contribution in [0.2, 0.25) is 0 Å². The molecule has 2 nitrogen and oxygen atoms in total. The van der Waals surface area contributed by atoms with Gasteiger partial charge in [-0.1, -0.05) is 25.1 Å². The monoisotopic (exact) mass is 195 g/mol. The first-order valence-electron chi connectivity index (χ1n) is 4.21. The zero-order valence-corrected chi connectivity index (χ0v) is 8.67. The average molecular weight is 195 g/mol. The Hall–Kier alpha value is -0.800. The molecule has 13 heavy (non-hydrogen) atoms. The number of hydrogen-bond donors (Lipinski definition) is 0. The molecule has 70 valence electrons. The van der Waals surface area contributed by atoms with Gasteiger partial charge in [-0.25, -0.2) is 4.31 Å². The maximum atomic E-state index is 10.7. The Morgan fingerprint density at radius 1 is 1.46 bits per heavy atom. The molecule has 0 aromatic heterocycles. The molecular formula is C10H13NOS.